The molecule has 0 atom stereocenters. The zero-order valence-corrected chi connectivity index (χ0v) is 11.0. The number of nitrogens with two attached hydrogens (primary N) is 1. The molecule has 2 rings (SSSR count). The summed E-state index contributed by atoms with van der Waals surface area (Å²) in [5.41, 5.74) is 3.13. The van der Waals surface area contributed by atoms with E-state index in [0.29, 0.717) is 0 Å². The molecule has 1 amide bonds. The number of nitrogen functional groups attached to an aromatic ring is 1. The van der Waals surface area contributed by atoms with Gasteiger partial charge < -0.3 is 9.32 Å². The van der Waals surface area contributed by atoms with Crippen molar-refractivity contribution in [3.8, 4) is 0 Å². The Kier molecular flexibility index (Phi) is 4.04. The number of carbonyl (C=O) groups is 1. The number of carbonyl (C=O) groups excluding carboxylic acids is 1. The lowest BCUT2D eigenvalue weighted by Gasteiger charge is -2.30. The molecule has 5 heteroatoms. The minimum Gasteiger partial charge on any atom is -0.456 e. The summed E-state index contributed by atoms with van der Waals surface area (Å²) in [5.74, 6) is 6.61. The van der Waals surface area contributed by atoms with Gasteiger partial charge >= 0.3 is 5.91 Å². The van der Waals surface area contributed by atoms with Gasteiger partial charge in [0.2, 0.25) is 0 Å². The van der Waals surface area contributed by atoms with Crippen molar-refractivity contribution in [3.63, 3.8) is 0 Å². The van der Waals surface area contributed by atoms with Gasteiger partial charge in [0.05, 0.1) is 0 Å². The molecule has 5 nitrogen and oxygen atoms in total. The van der Waals surface area contributed by atoms with Crippen LogP contribution >= 0.6 is 0 Å². The normalized spacial score (nSPS) is 15.8. The van der Waals surface area contributed by atoms with Crippen LogP contribution in [0.25, 0.3) is 0 Å². The minimum absolute atomic E-state index is 0.280. The monoisotopic (exact) mass is 251 g/mol. The van der Waals surface area contributed by atoms with Gasteiger partial charge in [0.15, 0.2) is 5.76 Å². The van der Waals surface area contributed by atoms with Gasteiger partial charge in [0.25, 0.3) is 0 Å². The van der Waals surface area contributed by atoms with Gasteiger partial charge in [0.1, 0.15) is 5.76 Å². The van der Waals surface area contributed by atoms with Crippen LogP contribution in [0.2, 0.25) is 0 Å². The molecule has 18 heavy (non-hydrogen) atoms. The second kappa shape index (κ2) is 5.54. The second-order valence-corrected chi connectivity index (χ2v) is 5.16. The first-order chi connectivity index (χ1) is 8.60. The van der Waals surface area contributed by atoms with Crippen LogP contribution in [0.3, 0.4) is 0 Å². The van der Waals surface area contributed by atoms with E-state index in [-0.39, 0.29) is 11.7 Å². The van der Waals surface area contributed by atoms with Crippen LogP contribution in [-0.2, 0) is 6.54 Å². The van der Waals surface area contributed by atoms with Crippen LogP contribution < -0.4 is 11.3 Å². The average Bonchev–Trinajstić information content (AvgIpc) is 2.65. The maximum Gasteiger partial charge on any atom is 0.300 e. The topological polar surface area (TPSA) is 71.5 Å². The van der Waals surface area contributed by atoms with Crippen molar-refractivity contribution in [1.29, 1.82) is 0 Å². The zero-order chi connectivity index (χ0) is 13.1. The summed E-state index contributed by atoms with van der Waals surface area (Å²) in [6.45, 7) is 3.80. The third-order valence-electron chi connectivity index (χ3n) is 3.61. The minimum atomic E-state index is -0.383. The van der Waals surface area contributed by atoms with Crippen LogP contribution in [-0.4, -0.2) is 24.4 Å². The highest BCUT2D eigenvalue weighted by molar-refractivity contribution is 5.91. The lowest BCUT2D eigenvalue weighted by molar-refractivity contribution is 0.0924. The highest BCUT2D eigenvalue weighted by Gasteiger charge is 2.20. The highest BCUT2D eigenvalue weighted by atomic mass is 16.4. The van der Waals surface area contributed by atoms with E-state index in [1.165, 1.54) is 19.3 Å². The van der Waals surface area contributed by atoms with E-state index in [1.807, 2.05) is 6.92 Å². The van der Waals surface area contributed by atoms with Gasteiger partial charge in [-0.1, -0.05) is 6.42 Å². The van der Waals surface area contributed by atoms with Crippen molar-refractivity contribution >= 4 is 5.91 Å². The number of aryl methyl sites for hydroxylation is 1. The Morgan fingerprint density at radius 3 is 2.89 bits per heavy atom. The molecule has 1 aromatic rings. The summed E-state index contributed by atoms with van der Waals surface area (Å²) in [5, 5.41) is 0. The van der Waals surface area contributed by atoms with Crippen molar-refractivity contribution in [2.24, 2.45) is 11.8 Å². The number of hydrogen-bond acceptors (Lipinski definition) is 4. The van der Waals surface area contributed by atoms with Crippen molar-refractivity contribution in [2.75, 3.05) is 13.6 Å². The lowest BCUT2D eigenvalue weighted by atomic mass is 9.85. The summed E-state index contributed by atoms with van der Waals surface area (Å²) in [6, 6.07) is 1.77. The van der Waals surface area contributed by atoms with Gasteiger partial charge in [-0.2, -0.15) is 0 Å². The van der Waals surface area contributed by atoms with Crippen LogP contribution in [0.5, 0.6) is 0 Å². The fourth-order valence-corrected chi connectivity index (χ4v) is 2.33. The van der Waals surface area contributed by atoms with Crippen molar-refractivity contribution in [3.05, 3.63) is 23.2 Å². The molecule has 100 valence electrons. The summed E-state index contributed by atoms with van der Waals surface area (Å²) in [4.78, 5) is 13.6. The van der Waals surface area contributed by atoms with Crippen LogP contribution in [0.4, 0.5) is 0 Å². The standard InChI is InChI=1S/C13H21N3O2/c1-9-11(6-12(18-9)13(17)15-14)8-16(2)7-10-4-3-5-10/h6,10H,3-5,7-8,14H2,1-2H3,(H,15,17). The molecule has 0 radical (unpaired) electrons. The van der Waals surface area contributed by atoms with E-state index in [2.05, 4.69) is 17.4 Å². The first-order valence-electron chi connectivity index (χ1n) is 6.39. The van der Waals surface area contributed by atoms with Gasteiger partial charge in [-0.05, 0) is 38.8 Å². The molecular weight excluding hydrogens is 230 g/mol. The van der Waals surface area contributed by atoms with Crippen LogP contribution in [0.1, 0.15) is 41.1 Å². The predicted molar refractivity (Wildman–Crippen MR) is 68.8 cm³/mol. The maximum atomic E-state index is 11.4. The lowest BCUT2D eigenvalue weighted by Crippen LogP contribution is -2.30. The number of hydrazine groups is 1. The fourth-order valence-electron chi connectivity index (χ4n) is 2.33. The maximum absolute atomic E-state index is 11.4. The Bertz CT molecular complexity index is 424. The summed E-state index contributed by atoms with van der Waals surface area (Å²) in [7, 11) is 2.10. The Labute approximate surface area is 107 Å². The average molecular weight is 251 g/mol. The quantitative estimate of drug-likeness (QED) is 0.472. The third kappa shape index (κ3) is 2.91. The molecule has 0 bridgehead atoms. The molecule has 0 unspecified atom stereocenters. The Morgan fingerprint density at radius 2 is 2.33 bits per heavy atom. The summed E-state index contributed by atoms with van der Waals surface area (Å²) in [6.07, 6.45) is 4.05. The number of furan rings is 1. The molecule has 0 aliphatic heterocycles. The predicted octanol–water partition coefficient (Wildman–Crippen LogP) is 1.42. The molecule has 3 N–H and O–H groups in total. The third-order valence-corrected chi connectivity index (χ3v) is 3.61. The van der Waals surface area contributed by atoms with E-state index in [4.69, 9.17) is 10.3 Å². The van der Waals surface area contributed by atoms with Crippen LogP contribution in [0, 0.1) is 12.8 Å². The van der Waals surface area contributed by atoms with Gasteiger partial charge in [-0.15, -0.1) is 0 Å². The molecule has 1 aliphatic carbocycles. The van der Waals surface area contributed by atoms with Gasteiger partial charge in [0, 0.05) is 18.7 Å². The van der Waals surface area contributed by atoms with Gasteiger partial charge in [-0.3, -0.25) is 10.2 Å². The number of rotatable bonds is 5. The first kappa shape index (κ1) is 13.1. The zero-order valence-electron chi connectivity index (χ0n) is 11.0. The Balaban J connectivity index is 1.95. The SMILES string of the molecule is Cc1oc(C(=O)NN)cc1CN(C)CC1CCC1. The number of amides is 1. The molecule has 0 spiro atoms. The Morgan fingerprint density at radius 1 is 1.61 bits per heavy atom. The van der Waals surface area contributed by atoms with Crippen molar-refractivity contribution in [1.82, 2.24) is 10.3 Å². The molecule has 1 fully saturated rings. The first-order valence-corrected chi connectivity index (χ1v) is 6.39. The van der Waals surface area contributed by atoms with Crippen LogP contribution in [0.15, 0.2) is 10.5 Å². The molecule has 0 saturated heterocycles. The molecule has 0 aromatic carbocycles. The molecule has 1 heterocycles. The van der Waals surface area contributed by atoms with E-state index < -0.39 is 0 Å². The second-order valence-electron chi connectivity index (χ2n) is 5.16. The van der Waals surface area contributed by atoms with Gasteiger partial charge in [-0.25, -0.2) is 5.84 Å². The van der Waals surface area contributed by atoms with E-state index in [0.717, 1.165) is 30.3 Å². The molecule has 1 saturated carbocycles. The van der Waals surface area contributed by atoms with E-state index in [9.17, 15) is 4.79 Å². The van der Waals surface area contributed by atoms with E-state index >= 15 is 0 Å². The Hall–Kier alpha value is -1.33. The number of hydrogen-bond donors (Lipinski definition) is 2. The summed E-state index contributed by atoms with van der Waals surface area (Å²) >= 11 is 0. The van der Waals surface area contributed by atoms with Crippen molar-refractivity contribution in [2.45, 2.75) is 32.7 Å². The highest BCUT2D eigenvalue weighted by Crippen LogP contribution is 2.27. The fraction of sp³-hybridized carbons (Fsp3) is 0.615. The molecule has 1 aromatic heterocycles. The van der Waals surface area contributed by atoms with Crippen molar-refractivity contribution < 1.29 is 9.21 Å². The largest absolute Gasteiger partial charge is 0.456 e. The molecule has 1 aliphatic rings. The number of nitrogens with one attached hydrogen (secondary N) is 1. The summed E-state index contributed by atoms with van der Waals surface area (Å²) < 4.78 is 5.39. The number of nitrogens with zero attached hydrogens (tertiary/aromatic N) is 1. The van der Waals surface area contributed by atoms with E-state index in [1.54, 1.807) is 6.07 Å². The molecular formula is C13H21N3O2. The smallest absolute Gasteiger partial charge is 0.300 e.